The first kappa shape index (κ1) is 10.8. The molecule has 0 atom stereocenters. The molecule has 14 heavy (non-hydrogen) atoms. The molecule has 0 bridgehead atoms. The lowest BCUT2D eigenvalue weighted by Gasteiger charge is -1.98. The molecule has 1 rings (SSSR count). The van der Waals surface area contributed by atoms with Crippen molar-refractivity contribution >= 4 is 23.5 Å². The summed E-state index contributed by atoms with van der Waals surface area (Å²) >= 11 is 5.74. The first-order chi connectivity index (χ1) is 6.63. The molecule has 74 valence electrons. The zero-order valence-corrected chi connectivity index (χ0v) is 8.58. The number of hydrogen-bond acceptors (Lipinski definition) is 2. The Morgan fingerprint density at radius 3 is 2.93 bits per heavy atom. The van der Waals surface area contributed by atoms with Crippen LogP contribution in [0.25, 0.3) is 6.08 Å². The number of carbonyl (C=O) groups excluding carboxylic acids is 1. The van der Waals surface area contributed by atoms with Gasteiger partial charge in [0.15, 0.2) is 5.78 Å². The van der Waals surface area contributed by atoms with Gasteiger partial charge in [0.05, 0.1) is 0 Å². The number of aromatic hydroxyl groups is 1. The number of benzene rings is 1. The Hall–Kier alpha value is -1.28. The van der Waals surface area contributed by atoms with Gasteiger partial charge >= 0.3 is 0 Å². The van der Waals surface area contributed by atoms with Crippen molar-refractivity contribution in [2.75, 3.05) is 0 Å². The fourth-order valence-corrected chi connectivity index (χ4v) is 1.14. The molecule has 0 fully saturated rings. The fourth-order valence-electron chi connectivity index (χ4n) is 0.959. The van der Waals surface area contributed by atoms with Crippen LogP contribution in [0.1, 0.15) is 18.9 Å². The molecule has 0 aliphatic rings. The van der Waals surface area contributed by atoms with Crippen LogP contribution >= 0.6 is 11.6 Å². The molecule has 0 spiro atoms. The summed E-state index contributed by atoms with van der Waals surface area (Å²) in [5, 5.41) is 9.93. The van der Waals surface area contributed by atoms with Gasteiger partial charge in [-0.05, 0) is 30.4 Å². The normalized spacial score (nSPS) is 10.7. The number of rotatable bonds is 3. The van der Waals surface area contributed by atoms with Crippen molar-refractivity contribution in [2.24, 2.45) is 0 Å². The Bertz CT molecular complexity index is 370. The monoisotopic (exact) mass is 210 g/mol. The first-order valence-electron chi connectivity index (χ1n) is 4.33. The van der Waals surface area contributed by atoms with Gasteiger partial charge in [-0.2, -0.15) is 0 Å². The highest BCUT2D eigenvalue weighted by molar-refractivity contribution is 6.30. The van der Waals surface area contributed by atoms with Crippen LogP contribution in [0.15, 0.2) is 24.3 Å². The molecular formula is C11H11ClO2. The van der Waals surface area contributed by atoms with Gasteiger partial charge in [-0.3, -0.25) is 4.79 Å². The lowest BCUT2D eigenvalue weighted by atomic mass is 10.1. The van der Waals surface area contributed by atoms with Crippen LogP contribution in [-0.2, 0) is 4.79 Å². The molecule has 0 aliphatic heterocycles. The number of ketones is 1. The predicted octanol–water partition coefficient (Wildman–Crippen LogP) is 3.04. The SMILES string of the molecule is CCC(=O)/C=C/c1cc(Cl)ccc1O. The van der Waals surface area contributed by atoms with Crippen molar-refractivity contribution < 1.29 is 9.90 Å². The van der Waals surface area contributed by atoms with Crippen LogP contribution in [0.5, 0.6) is 5.75 Å². The minimum absolute atomic E-state index is 0.0179. The molecular weight excluding hydrogens is 200 g/mol. The second-order valence-corrected chi connectivity index (χ2v) is 3.29. The Balaban J connectivity index is 2.90. The minimum Gasteiger partial charge on any atom is -0.507 e. The van der Waals surface area contributed by atoms with Crippen molar-refractivity contribution in [3.05, 3.63) is 34.9 Å². The van der Waals surface area contributed by atoms with E-state index in [9.17, 15) is 9.90 Å². The first-order valence-corrected chi connectivity index (χ1v) is 4.70. The minimum atomic E-state index is 0.0179. The molecule has 0 unspecified atom stereocenters. The maximum Gasteiger partial charge on any atom is 0.155 e. The zero-order chi connectivity index (χ0) is 10.6. The second kappa shape index (κ2) is 4.82. The van der Waals surface area contributed by atoms with E-state index < -0.39 is 0 Å². The van der Waals surface area contributed by atoms with Crippen LogP contribution in [0, 0.1) is 0 Å². The summed E-state index contributed by atoms with van der Waals surface area (Å²) < 4.78 is 0. The third kappa shape index (κ3) is 2.89. The van der Waals surface area contributed by atoms with Crippen LogP contribution in [0.2, 0.25) is 5.02 Å². The van der Waals surface area contributed by atoms with Crippen LogP contribution in [-0.4, -0.2) is 10.9 Å². The summed E-state index contributed by atoms with van der Waals surface area (Å²) in [7, 11) is 0. The summed E-state index contributed by atoms with van der Waals surface area (Å²) in [6.07, 6.45) is 3.45. The highest BCUT2D eigenvalue weighted by Crippen LogP contribution is 2.22. The van der Waals surface area contributed by atoms with E-state index in [0.717, 1.165) is 0 Å². The zero-order valence-electron chi connectivity index (χ0n) is 7.83. The van der Waals surface area contributed by atoms with E-state index in [-0.39, 0.29) is 11.5 Å². The number of allylic oxidation sites excluding steroid dienone is 1. The molecule has 0 saturated heterocycles. The summed E-state index contributed by atoms with van der Waals surface area (Å²) in [4.78, 5) is 11.0. The third-order valence-corrected chi connectivity index (χ3v) is 2.02. The van der Waals surface area contributed by atoms with E-state index in [4.69, 9.17) is 11.6 Å². The van der Waals surface area contributed by atoms with E-state index in [0.29, 0.717) is 17.0 Å². The largest absolute Gasteiger partial charge is 0.507 e. The van der Waals surface area contributed by atoms with Crippen LogP contribution < -0.4 is 0 Å². The van der Waals surface area contributed by atoms with Gasteiger partial charge in [-0.1, -0.05) is 18.5 Å². The van der Waals surface area contributed by atoms with Gasteiger partial charge in [0.1, 0.15) is 5.75 Å². The quantitative estimate of drug-likeness (QED) is 0.779. The fraction of sp³-hybridized carbons (Fsp3) is 0.182. The van der Waals surface area contributed by atoms with Crippen LogP contribution in [0.3, 0.4) is 0 Å². The highest BCUT2D eigenvalue weighted by atomic mass is 35.5. The maximum atomic E-state index is 11.0. The summed E-state index contributed by atoms with van der Waals surface area (Å²) in [5.74, 6) is 0.138. The van der Waals surface area contributed by atoms with E-state index in [1.54, 1.807) is 25.1 Å². The molecule has 3 heteroatoms. The molecule has 1 aromatic carbocycles. The number of carbonyl (C=O) groups is 1. The lowest BCUT2D eigenvalue weighted by Crippen LogP contribution is -1.86. The van der Waals surface area contributed by atoms with Gasteiger partial charge < -0.3 is 5.11 Å². The second-order valence-electron chi connectivity index (χ2n) is 2.86. The Kier molecular flexibility index (Phi) is 3.72. The smallest absolute Gasteiger partial charge is 0.155 e. The van der Waals surface area contributed by atoms with Gasteiger partial charge in [0.25, 0.3) is 0 Å². The molecule has 0 radical (unpaired) electrons. The Morgan fingerprint density at radius 2 is 2.29 bits per heavy atom. The van der Waals surface area contributed by atoms with Crippen molar-refractivity contribution in [2.45, 2.75) is 13.3 Å². The Labute approximate surface area is 87.8 Å². The average Bonchev–Trinajstić information content (AvgIpc) is 2.19. The van der Waals surface area contributed by atoms with E-state index in [1.807, 2.05) is 0 Å². The van der Waals surface area contributed by atoms with Gasteiger partial charge in [0, 0.05) is 17.0 Å². The number of hydrogen-bond donors (Lipinski definition) is 1. The molecule has 0 aromatic heterocycles. The molecule has 1 N–H and O–H groups in total. The van der Waals surface area contributed by atoms with Gasteiger partial charge in [-0.15, -0.1) is 0 Å². The number of phenols is 1. The maximum absolute atomic E-state index is 11.0. The Morgan fingerprint density at radius 1 is 1.57 bits per heavy atom. The summed E-state index contributed by atoms with van der Waals surface area (Å²) in [6.45, 7) is 1.78. The summed E-state index contributed by atoms with van der Waals surface area (Å²) in [6, 6.07) is 4.70. The lowest BCUT2D eigenvalue weighted by molar-refractivity contribution is -0.114. The topological polar surface area (TPSA) is 37.3 Å². The van der Waals surface area contributed by atoms with Crippen molar-refractivity contribution in [1.82, 2.24) is 0 Å². The van der Waals surface area contributed by atoms with Crippen molar-refractivity contribution in [3.63, 3.8) is 0 Å². The molecule has 0 heterocycles. The molecule has 1 aromatic rings. The van der Waals surface area contributed by atoms with Gasteiger partial charge in [-0.25, -0.2) is 0 Å². The molecule has 0 amide bonds. The van der Waals surface area contributed by atoms with E-state index in [2.05, 4.69) is 0 Å². The average molecular weight is 211 g/mol. The predicted molar refractivity (Wildman–Crippen MR) is 57.4 cm³/mol. The van der Waals surface area contributed by atoms with Crippen LogP contribution in [0.4, 0.5) is 0 Å². The number of phenolic OH excluding ortho intramolecular Hbond substituents is 1. The summed E-state index contributed by atoms with van der Waals surface area (Å²) in [5.41, 5.74) is 0.555. The van der Waals surface area contributed by atoms with Crippen molar-refractivity contribution in [3.8, 4) is 5.75 Å². The van der Waals surface area contributed by atoms with Gasteiger partial charge in [0.2, 0.25) is 0 Å². The highest BCUT2D eigenvalue weighted by Gasteiger charge is 1.98. The van der Waals surface area contributed by atoms with E-state index >= 15 is 0 Å². The third-order valence-electron chi connectivity index (χ3n) is 1.79. The molecule has 0 aliphatic carbocycles. The standard InChI is InChI=1S/C11H11ClO2/c1-2-10(13)5-3-8-7-9(12)4-6-11(8)14/h3-7,14H,2H2,1H3/b5-3+. The number of halogens is 1. The van der Waals surface area contributed by atoms with Crippen molar-refractivity contribution in [1.29, 1.82) is 0 Å². The molecule has 0 saturated carbocycles. The molecule has 2 nitrogen and oxygen atoms in total. The van der Waals surface area contributed by atoms with E-state index in [1.165, 1.54) is 12.1 Å².